The summed E-state index contributed by atoms with van der Waals surface area (Å²) in [4.78, 5) is 37.7. The van der Waals surface area contributed by atoms with Crippen molar-refractivity contribution in [2.75, 3.05) is 20.2 Å². The number of carboxylic acids is 1. The summed E-state index contributed by atoms with van der Waals surface area (Å²) in [7, 11) is 1.63. The Morgan fingerprint density at radius 1 is 1.03 bits per heavy atom. The second-order valence-electron chi connectivity index (χ2n) is 8.42. The number of ether oxygens (including phenoxy) is 1. The Morgan fingerprint density at radius 3 is 2.21 bits per heavy atom. The molecule has 2 N–H and O–H groups in total. The summed E-state index contributed by atoms with van der Waals surface area (Å²) in [5.74, 6) is -1.18. The first kappa shape index (κ1) is 24.3. The molecular weight excluding hydrogens is 420 g/mol. The number of unbranched alkanes of at least 4 members (excludes halogenated alkanes) is 1. The summed E-state index contributed by atoms with van der Waals surface area (Å²) in [6, 6.07) is 15.5. The van der Waals surface area contributed by atoms with Crippen molar-refractivity contribution < 1.29 is 24.2 Å². The molecule has 0 saturated heterocycles. The molecule has 2 aromatic rings. The smallest absolute Gasteiger partial charge is 0.407 e. The van der Waals surface area contributed by atoms with Gasteiger partial charge in [-0.25, -0.2) is 4.79 Å². The Morgan fingerprint density at radius 2 is 1.64 bits per heavy atom. The van der Waals surface area contributed by atoms with E-state index in [2.05, 4.69) is 29.6 Å². The van der Waals surface area contributed by atoms with Crippen LogP contribution in [0.2, 0.25) is 0 Å². The highest BCUT2D eigenvalue weighted by Crippen LogP contribution is 2.44. The molecule has 0 heterocycles. The second kappa shape index (κ2) is 11.5. The first-order valence-corrected chi connectivity index (χ1v) is 11.5. The van der Waals surface area contributed by atoms with Gasteiger partial charge in [-0.15, -0.1) is 0 Å². The molecule has 7 nitrogen and oxygen atoms in total. The number of carboxylic acid groups (broad SMARTS) is 1. The van der Waals surface area contributed by atoms with Gasteiger partial charge in [0, 0.05) is 25.9 Å². The van der Waals surface area contributed by atoms with Crippen molar-refractivity contribution >= 4 is 18.0 Å². The van der Waals surface area contributed by atoms with Crippen molar-refractivity contribution in [3.63, 3.8) is 0 Å². The number of likely N-dealkylation sites (N-methyl/N-ethyl adjacent to an activating group) is 1. The lowest BCUT2D eigenvalue weighted by Gasteiger charge is -2.24. The van der Waals surface area contributed by atoms with Crippen LogP contribution in [0.25, 0.3) is 11.1 Å². The van der Waals surface area contributed by atoms with Gasteiger partial charge in [0.05, 0.1) is 0 Å². The maximum atomic E-state index is 12.9. The molecule has 3 rings (SSSR count). The number of hydrogen-bond acceptors (Lipinski definition) is 4. The third-order valence-electron chi connectivity index (χ3n) is 6.04. The topological polar surface area (TPSA) is 95.9 Å². The SMILES string of the molecule is CCCCC(NC(=O)OCC1c2ccccc2-c2ccccc21)C(=O)N(C)CCCC(=O)O. The van der Waals surface area contributed by atoms with Gasteiger partial charge in [-0.2, -0.15) is 0 Å². The summed E-state index contributed by atoms with van der Waals surface area (Å²) in [6.45, 7) is 2.52. The monoisotopic (exact) mass is 452 g/mol. The molecule has 0 radical (unpaired) electrons. The molecule has 0 aromatic heterocycles. The number of benzene rings is 2. The molecule has 0 bridgehead atoms. The Labute approximate surface area is 194 Å². The largest absolute Gasteiger partial charge is 0.481 e. The molecule has 0 fully saturated rings. The third-order valence-corrected chi connectivity index (χ3v) is 6.04. The van der Waals surface area contributed by atoms with Crippen LogP contribution in [-0.2, 0) is 14.3 Å². The third kappa shape index (κ3) is 6.12. The molecule has 1 unspecified atom stereocenters. The van der Waals surface area contributed by atoms with Crippen LogP contribution < -0.4 is 5.32 Å². The summed E-state index contributed by atoms with van der Waals surface area (Å²) in [5, 5.41) is 11.5. The van der Waals surface area contributed by atoms with Crippen LogP contribution in [0.1, 0.15) is 56.1 Å². The summed E-state index contributed by atoms with van der Waals surface area (Å²) in [5.41, 5.74) is 4.56. The Bertz CT molecular complexity index is 945. The lowest BCUT2D eigenvalue weighted by atomic mass is 9.98. The summed E-state index contributed by atoms with van der Waals surface area (Å²) < 4.78 is 5.59. The van der Waals surface area contributed by atoms with Crippen molar-refractivity contribution in [1.29, 1.82) is 0 Å². The van der Waals surface area contributed by atoms with Gasteiger partial charge in [0.1, 0.15) is 12.6 Å². The molecule has 7 heteroatoms. The number of carbonyl (C=O) groups is 3. The van der Waals surface area contributed by atoms with Gasteiger partial charge in [-0.05, 0) is 35.1 Å². The molecule has 1 atom stereocenters. The Hall–Kier alpha value is -3.35. The van der Waals surface area contributed by atoms with Crippen LogP contribution in [0.4, 0.5) is 4.79 Å². The van der Waals surface area contributed by atoms with Gasteiger partial charge in [-0.1, -0.05) is 68.3 Å². The van der Waals surface area contributed by atoms with E-state index in [1.807, 2.05) is 31.2 Å². The summed E-state index contributed by atoms with van der Waals surface area (Å²) >= 11 is 0. The Kier molecular flexibility index (Phi) is 8.46. The number of fused-ring (bicyclic) bond motifs is 3. The van der Waals surface area contributed by atoms with Crippen molar-refractivity contribution in [3.8, 4) is 11.1 Å². The van der Waals surface area contributed by atoms with E-state index in [1.165, 1.54) is 4.90 Å². The van der Waals surface area contributed by atoms with E-state index in [0.717, 1.165) is 35.1 Å². The van der Waals surface area contributed by atoms with Gasteiger partial charge in [0.25, 0.3) is 0 Å². The zero-order valence-corrected chi connectivity index (χ0v) is 19.3. The summed E-state index contributed by atoms with van der Waals surface area (Å²) in [6.07, 6.45) is 1.91. The van der Waals surface area contributed by atoms with E-state index in [0.29, 0.717) is 19.4 Å². The predicted molar refractivity (Wildman–Crippen MR) is 126 cm³/mol. The lowest BCUT2D eigenvalue weighted by molar-refractivity contribution is -0.138. The number of alkyl carbamates (subject to hydrolysis) is 1. The molecule has 33 heavy (non-hydrogen) atoms. The zero-order chi connectivity index (χ0) is 23.8. The van der Waals surface area contributed by atoms with Crippen LogP contribution in [0.5, 0.6) is 0 Å². The Balaban J connectivity index is 1.61. The van der Waals surface area contributed by atoms with Gasteiger partial charge < -0.3 is 20.1 Å². The minimum Gasteiger partial charge on any atom is -0.481 e. The van der Waals surface area contributed by atoms with E-state index in [4.69, 9.17) is 9.84 Å². The van der Waals surface area contributed by atoms with E-state index in [-0.39, 0.29) is 24.9 Å². The van der Waals surface area contributed by atoms with Crippen LogP contribution in [0.3, 0.4) is 0 Å². The number of aliphatic carboxylic acids is 1. The highest BCUT2D eigenvalue weighted by atomic mass is 16.5. The van der Waals surface area contributed by atoms with Crippen LogP contribution in [0, 0.1) is 0 Å². The molecule has 2 aromatic carbocycles. The van der Waals surface area contributed by atoms with Crippen molar-refractivity contribution in [3.05, 3.63) is 59.7 Å². The first-order valence-electron chi connectivity index (χ1n) is 11.5. The quantitative estimate of drug-likeness (QED) is 0.527. The molecule has 2 amide bonds. The second-order valence-corrected chi connectivity index (χ2v) is 8.42. The molecule has 176 valence electrons. The minimum atomic E-state index is -0.893. The number of nitrogens with zero attached hydrogens (tertiary/aromatic N) is 1. The lowest BCUT2D eigenvalue weighted by Crippen LogP contribution is -2.48. The molecule has 1 aliphatic rings. The number of hydrogen-bond donors (Lipinski definition) is 2. The van der Waals surface area contributed by atoms with Crippen LogP contribution >= 0.6 is 0 Å². The molecule has 0 saturated carbocycles. The van der Waals surface area contributed by atoms with Crippen LogP contribution in [0.15, 0.2) is 48.5 Å². The number of carbonyl (C=O) groups excluding carboxylic acids is 2. The van der Waals surface area contributed by atoms with Crippen molar-refractivity contribution in [2.45, 2.75) is 51.0 Å². The molecule has 0 spiro atoms. The standard InChI is InChI=1S/C26H32N2O5/c1-3-4-14-23(25(31)28(2)16-9-15-24(29)30)27-26(32)33-17-22-20-12-7-5-10-18(20)19-11-6-8-13-21(19)22/h5-8,10-13,22-23H,3-4,9,14-17H2,1-2H3,(H,27,32)(H,29,30). The van der Waals surface area contributed by atoms with E-state index < -0.39 is 18.1 Å². The number of amides is 2. The molecule has 1 aliphatic carbocycles. The minimum absolute atomic E-state index is 0.00292. The van der Waals surface area contributed by atoms with Gasteiger partial charge >= 0.3 is 12.1 Å². The highest BCUT2D eigenvalue weighted by Gasteiger charge is 2.30. The molecule has 0 aliphatic heterocycles. The van der Waals surface area contributed by atoms with Crippen molar-refractivity contribution in [2.24, 2.45) is 0 Å². The van der Waals surface area contributed by atoms with Gasteiger partial charge in [0.15, 0.2) is 0 Å². The zero-order valence-electron chi connectivity index (χ0n) is 19.3. The number of rotatable bonds is 11. The maximum Gasteiger partial charge on any atom is 0.407 e. The fourth-order valence-corrected chi connectivity index (χ4v) is 4.29. The van der Waals surface area contributed by atoms with Gasteiger partial charge in [0.2, 0.25) is 5.91 Å². The fourth-order valence-electron chi connectivity index (χ4n) is 4.29. The fraction of sp³-hybridized carbons (Fsp3) is 0.423. The first-order chi connectivity index (χ1) is 15.9. The van der Waals surface area contributed by atoms with Crippen molar-refractivity contribution in [1.82, 2.24) is 10.2 Å². The highest BCUT2D eigenvalue weighted by molar-refractivity contribution is 5.85. The average Bonchev–Trinajstić information content (AvgIpc) is 3.13. The maximum absolute atomic E-state index is 12.9. The predicted octanol–water partition coefficient (Wildman–Crippen LogP) is 4.41. The van der Waals surface area contributed by atoms with E-state index >= 15 is 0 Å². The number of nitrogens with one attached hydrogen (secondary N) is 1. The van der Waals surface area contributed by atoms with E-state index in [9.17, 15) is 14.4 Å². The van der Waals surface area contributed by atoms with E-state index in [1.54, 1.807) is 7.05 Å². The normalized spacial score (nSPS) is 13.0. The molecular formula is C26H32N2O5. The van der Waals surface area contributed by atoms with Crippen LogP contribution in [-0.4, -0.2) is 54.2 Å². The van der Waals surface area contributed by atoms with Gasteiger partial charge in [-0.3, -0.25) is 9.59 Å². The average molecular weight is 453 g/mol.